The van der Waals surface area contributed by atoms with Crippen LogP contribution >= 0.6 is 0 Å². The molecule has 29 heavy (non-hydrogen) atoms. The maximum absolute atomic E-state index is 12.8. The van der Waals surface area contributed by atoms with E-state index in [1.165, 1.54) is 5.56 Å². The molecule has 0 amide bonds. The highest BCUT2D eigenvalue weighted by Gasteiger charge is 2.26. The first kappa shape index (κ1) is 18.8. The lowest BCUT2D eigenvalue weighted by Crippen LogP contribution is -2.36. The summed E-state index contributed by atoms with van der Waals surface area (Å²) in [7, 11) is 1.71. The number of fused-ring (bicyclic) bond motifs is 1. The molecule has 2 heterocycles. The average molecular weight is 382 g/mol. The summed E-state index contributed by atoms with van der Waals surface area (Å²) in [5.41, 5.74) is 4.59. The van der Waals surface area contributed by atoms with Gasteiger partial charge in [0.1, 0.15) is 11.6 Å². The predicted octanol–water partition coefficient (Wildman–Crippen LogP) is 3.97. The Hall–Kier alpha value is -3.57. The Morgan fingerprint density at radius 3 is 2.41 bits per heavy atom. The number of nitriles is 2. The SMILES string of the molecule is Cc1c(C#N)cccc1C1CCN(c2c(C#N)c(=O)n(C)c3ccccc23)CC1. The van der Waals surface area contributed by atoms with Crippen LogP contribution in [0.5, 0.6) is 0 Å². The lowest BCUT2D eigenvalue weighted by molar-refractivity contribution is 0.504. The number of benzene rings is 2. The molecular weight excluding hydrogens is 360 g/mol. The lowest BCUT2D eigenvalue weighted by atomic mass is 9.85. The van der Waals surface area contributed by atoms with Crippen LogP contribution in [0.25, 0.3) is 10.9 Å². The maximum atomic E-state index is 12.8. The number of anilines is 1. The van der Waals surface area contributed by atoms with E-state index in [1.54, 1.807) is 11.6 Å². The van der Waals surface area contributed by atoms with E-state index in [2.05, 4.69) is 23.1 Å². The molecule has 1 fully saturated rings. The van der Waals surface area contributed by atoms with Crippen LogP contribution in [0.3, 0.4) is 0 Å². The zero-order chi connectivity index (χ0) is 20.5. The second-order valence-corrected chi connectivity index (χ2v) is 7.61. The van der Waals surface area contributed by atoms with Gasteiger partial charge >= 0.3 is 0 Å². The summed E-state index contributed by atoms with van der Waals surface area (Å²) in [6, 6.07) is 18.1. The number of para-hydroxylation sites is 1. The van der Waals surface area contributed by atoms with Crippen molar-refractivity contribution < 1.29 is 0 Å². The van der Waals surface area contributed by atoms with E-state index in [9.17, 15) is 15.3 Å². The average Bonchev–Trinajstić information content (AvgIpc) is 2.76. The molecule has 4 rings (SSSR count). The van der Waals surface area contributed by atoms with E-state index in [0.717, 1.165) is 53.6 Å². The van der Waals surface area contributed by atoms with E-state index in [-0.39, 0.29) is 11.1 Å². The van der Waals surface area contributed by atoms with Gasteiger partial charge in [-0.15, -0.1) is 0 Å². The van der Waals surface area contributed by atoms with Gasteiger partial charge in [0.25, 0.3) is 5.56 Å². The van der Waals surface area contributed by atoms with Gasteiger partial charge in [-0.3, -0.25) is 4.79 Å². The molecule has 2 aromatic carbocycles. The van der Waals surface area contributed by atoms with Gasteiger partial charge in [-0.25, -0.2) is 0 Å². The van der Waals surface area contributed by atoms with Gasteiger partial charge in [0.15, 0.2) is 0 Å². The minimum absolute atomic E-state index is 0.215. The molecular formula is C24H22N4O. The van der Waals surface area contributed by atoms with Crippen molar-refractivity contribution in [3.63, 3.8) is 0 Å². The number of aromatic nitrogens is 1. The van der Waals surface area contributed by atoms with Crippen LogP contribution in [-0.4, -0.2) is 17.7 Å². The van der Waals surface area contributed by atoms with E-state index < -0.39 is 0 Å². The van der Waals surface area contributed by atoms with Gasteiger partial charge in [0, 0.05) is 25.5 Å². The van der Waals surface area contributed by atoms with Gasteiger partial charge in [-0.2, -0.15) is 10.5 Å². The molecule has 5 nitrogen and oxygen atoms in total. The number of hydrogen-bond acceptors (Lipinski definition) is 4. The Morgan fingerprint density at radius 1 is 1.00 bits per heavy atom. The first-order valence-corrected chi connectivity index (χ1v) is 9.83. The fraction of sp³-hybridized carbons (Fsp3) is 0.292. The molecule has 0 saturated carbocycles. The van der Waals surface area contributed by atoms with Crippen LogP contribution in [-0.2, 0) is 7.05 Å². The molecule has 3 aromatic rings. The highest BCUT2D eigenvalue weighted by Crippen LogP contribution is 2.36. The van der Waals surface area contributed by atoms with Crippen molar-refractivity contribution in [1.82, 2.24) is 4.57 Å². The standard InChI is InChI=1S/C24H22N4O/c1-16-18(14-25)6-5-8-19(16)17-10-12-28(13-11-17)23-20-7-3-4-9-22(20)27(2)24(29)21(23)15-26/h3-9,17H,10-13H2,1-2H3. The largest absolute Gasteiger partial charge is 0.370 e. The van der Waals surface area contributed by atoms with Crippen LogP contribution in [0.1, 0.15) is 41.0 Å². The predicted molar refractivity (Wildman–Crippen MR) is 114 cm³/mol. The van der Waals surface area contributed by atoms with Crippen molar-refractivity contribution in [3.05, 3.63) is 75.1 Å². The molecule has 1 aliphatic rings. The molecule has 0 atom stereocenters. The van der Waals surface area contributed by atoms with Crippen molar-refractivity contribution in [2.24, 2.45) is 7.05 Å². The Bertz CT molecular complexity index is 1230. The van der Waals surface area contributed by atoms with Gasteiger partial charge in [0.2, 0.25) is 0 Å². The molecule has 1 aliphatic heterocycles. The number of aryl methyl sites for hydroxylation is 1. The molecule has 0 unspecified atom stereocenters. The van der Waals surface area contributed by atoms with Crippen molar-refractivity contribution in [1.29, 1.82) is 10.5 Å². The summed E-state index contributed by atoms with van der Waals surface area (Å²) in [6.45, 7) is 3.56. The molecule has 1 saturated heterocycles. The molecule has 144 valence electrons. The molecule has 5 heteroatoms. The molecule has 0 radical (unpaired) electrons. The monoisotopic (exact) mass is 382 g/mol. The second kappa shape index (κ2) is 7.45. The van der Waals surface area contributed by atoms with Crippen LogP contribution in [0.15, 0.2) is 47.3 Å². The minimum atomic E-state index is -0.249. The van der Waals surface area contributed by atoms with Gasteiger partial charge in [0.05, 0.1) is 22.8 Å². The van der Waals surface area contributed by atoms with Crippen molar-refractivity contribution in [2.75, 3.05) is 18.0 Å². The third kappa shape index (κ3) is 3.05. The first-order chi connectivity index (χ1) is 14.1. The van der Waals surface area contributed by atoms with Gasteiger partial charge in [-0.05, 0) is 48.9 Å². The molecule has 0 spiro atoms. The number of pyridine rings is 1. The topological polar surface area (TPSA) is 72.8 Å². The highest BCUT2D eigenvalue weighted by atomic mass is 16.1. The quantitative estimate of drug-likeness (QED) is 0.672. The van der Waals surface area contributed by atoms with Gasteiger partial charge in [-0.1, -0.05) is 30.3 Å². The van der Waals surface area contributed by atoms with Gasteiger partial charge < -0.3 is 9.47 Å². The fourth-order valence-corrected chi connectivity index (χ4v) is 4.54. The molecule has 0 N–H and O–H groups in total. The fourth-order valence-electron chi connectivity index (χ4n) is 4.54. The smallest absolute Gasteiger partial charge is 0.270 e. The van der Waals surface area contributed by atoms with E-state index >= 15 is 0 Å². The lowest BCUT2D eigenvalue weighted by Gasteiger charge is -2.35. The summed E-state index contributed by atoms with van der Waals surface area (Å²) in [4.78, 5) is 14.9. The summed E-state index contributed by atoms with van der Waals surface area (Å²) < 4.78 is 1.56. The summed E-state index contributed by atoms with van der Waals surface area (Å²) in [6.07, 6.45) is 1.84. The Morgan fingerprint density at radius 2 is 1.72 bits per heavy atom. The normalized spacial score (nSPS) is 14.6. The van der Waals surface area contributed by atoms with Crippen molar-refractivity contribution >= 4 is 16.6 Å². The van der Waals surface area contributed by atoms with Crippen molar-refractivity contribution in [3.8, 4) is 12.1 Å². The number of rotatable bonds is 2. The third-order valence-corrected chi connectivity index (χ3v) is 6.13. The Balaban J connectivity index is 1.71. The van der Waals surface area contributed by atoms with Crippen LogP contribution in [0.2, 0.25) is 0 Å². The van der Waals surface area contributed by atoms with E-state index in [1.807, 2.05) is 43.3 Å². The van der Waals surface area contributed by atoms with E-state index in [4.69, 9.17) is 0 Å². The Labute approximate surface area is 170 Å². The zero-order valence-corrected chi connectivity index (χ0v) is 16.6. The maximum Gasteiger partial charge on any atom is 0.270 e. The summed E-state index contributed by atoms with van der Waals surface area (Å²) >= 11 is 0. The Kier molecular flexibility index (Phi) is 4.82. The highest BCUT2D eigenvalue weighted by molar-refractivity contribution is 5.94. The summed E-state index contributed by atoms with van der Waals surface area (Å²) in [5.74, 6) is 0.378. The number of nitrogens with zero attached hydrogens (tertiary/aromatic N) is 4. The van der Waals surface area contributed by atoms with Crippen LogP contribution in [0.4, 0.5) is 5.69 Å². The second-order valence-electron chi connectivity index (χ2n) is 7.61. The molecule has 0 bridgehead atoms. The summed E-state index contributed by atoms with van der Waals surface area (Å²) in [5, 5.41) is 20.0. The zero-order valence-electron chi connectivity index (χ0n) is 16.6. The number of piperidine rings is 1. The minimum Gasteiger partial charge on any atom is -0.370 e. The molecule has 1 aromatic heterocycles. The number of hydrogen-bond donors (Lipinski definition) is 0. The molecule has 0 aliphatic carbocycles. The van der Waals surface area contributed by atoms with Crippen molar-refractivity contribution in [2.45, 2.75) is 25.7 Å². The van der Waals surface area contributed by atoms with E-state index in [0.29, 0.717) is 5.92 Å². The third-order valence-electron chi connectivity index (χ3n) is 6.13. The van der Waals surface area contributed by atoms with Crippen LogP contribution < -0.4 is 10.5 Å². The van der Waals surface area contributed by atoms with Crippen LogP contribution in [0, 0.1) is 29.6 Å². The first-order valence-electron chi connectivity index (χ1n) is 9.83.